The highest BCUT2D eigenvalue weighted by molar-refractivity contribution is 8.14. The molecule has 0 fully saturated rings. The molecule has 0 amide bonds. The van der Waals surface area contributed by atoms with Gasteiger partial charge in [0.25, 0.3) is 0 Å². The maximum absolute atomic E-state index is 11.4. The Kier molecular flexibility index (Phi) is 2.79. The predicted molar refractivity (Wildman–Crippen MR) is 58.0 cm³/mol. The number of methoxy groups -OCH3 is 1. The van der Waals surface area contributed by atoms with Crippen LogP contribution in [0.15, 0.2) is 32.4 Å². The number of benzene rings is 1. The minimum atomic E-state index is -0.301. The van der Waals surface area contributed by atoms with E-state index in [1.807, 2.05) is 12.1 Å². The molecular formula is C9H7NO2S2. The average molecular weight is 225 g/mol. The van der Waals surface area contributed by atoms with E-state index in [-0.39, 0.29) is 5.97 Å². The van der Waals surface area contributed by atoms with Crippen molar-refractivity contribution in [1.29, 1.82) is 0 Å². The van der Waals surface area contributed by atoms with E-state index >= 15 is 0 Å². The number of nitrogens with zero attached hydrogens (tertiary/aromatic N) is 1. The molecule has 0 saturated heterocycles. The fourth-order valence-electron chi connectivity index (χ4n) is 1.13. The van der Waals surface area contributed by atoms with Gasteiger partial charge in [0, 0.05) is 21.7 Å². The van der Waals surface area contributed by atoms with Crippen LogP contribution in [0, 0.1) is 0 Å². The van der Waals surface area contributed by atoms with Gasteiger partial charge in [0.2, 0.25) is 0 Å². The third-order valence-electron chi connectivity index (χ3n) is 1.75. The molecule has 1 aromatic rings. The highest BCUT2D eigenvalue weighted by atomic mass is 32.2. The first-order chi connectivity index (χ1) is 6.83. The summed E-state index contributed by atoms with van der Waals surface area (Å²) in [4.78, 5) is 13.3. The van der Waals surface area contributed by atoms with Crippen LogP contribution in [0.1, 0.15) is 10.4 Å². The molecule has 0 unspecified atom stereocenters. The van der Waals surface area contributed by atoms with Crippen LogP contribution in [0.4, 0.5) is 0 Å². The summed E-state index contributed by atoms with van der Waals surface area (Å²) < 4.78 is 8.74. The fourth-order valence-corrected chi connectivity index (χ4v) is 2.75. The summed E-state index contributed by atoms with van der Waals surface area (Å²) in [6, 6.07) is 5.53. The summed E-state index contributed by atoms with van der Waals surface area (Å²) in [5.41, 5.74) is 2.33. The van der Waals surface area contributed by atoms with Crippen molar-refractivity contribution < 1.29 is 9.53 Å². The Balaban J connectivity index is 2.48. The van der Waals surface area contributed by atoms with Crippen molar-refractivity contribution >= 4 is 35.2 Å². The molecule has 2 rings (SSSR count). The molecule has 0 N–H and O–H groups in total. The maximum atomic E-state index is 11.4. The predicted octanol–water partition coefficient (Wildman–Crippen LogP) is 2.61. The molecule has 1 aliphatic heterocycles. The second kappa shape index (κ2) is 4.06. The summed E-state index contributed by atoms with van der Waals surface area (Å²) in [5.74, 6) is -0.301. The van der Waals surface area contributed by atoms with Crippen LogP contribution in [0.5, 0.6) is 0 Å². The van der Waals surface area contributed by atoms with Crippen molar-refractivity contribution in [2.75, 3.05) is 7.11 Å². The SMILES string of the molecule is COC(=O)c1cccc2c1SC=NS2. The van der Waals surface area contributed by atoms with Crippen LogP contribution in [0.25, 0.3) is 0 Å². The highest BCUT2D eigenvalue weighted by Gasteiger charge is 2.17. The number of carbonyl (C=O) groups excluding carboxylic acids is 1. The summed E-state index contributed by atoms with van der Waals surface area (Å²) in [6.07, 6.45) is 0. The topological polar surface area (TPSA) is 38.7 Å². The van der Waals surface area contributed by atoms with Gasteiger partial charge in [0.05, 0.1) is 18.2 Å². The second-order valence-corrected chi connectivity index (χ2v) is 4.23. The molecule has 0 aromatic heterocycles. The van der Waals surface area contributed by atoms with Crippen molar-refractivity contribution in [3.05, 3.63) is 23.8 Å². The van der Waals surface area contributed by atoms with Crippen LogP contribution in [-0.2, 0) is 4.74 Å². The minimum Gasteiger partial charge on any atom is -0.465 e. The standard InChI is InChI=1S/C9H7NO2S2/c1-12-9(11)6-3-2-4-7-8(6)13-5-10-14-7/h2-5H,1H3. The number of esters is 1. The van der Waals surface area contributed by atoms with Gasteiger partial charge in [-0.3, -0.25) is 0 Å². The van der Waals surface area contributed by atoms with E-state index in [1.165, 1.54) is 30.8 Å². The molecule has 1 heterocycles. The van der Waals surface area contributed by atoms with Gasteiger partial charge >= 0.3 is 5.97 Å². The van der Waals surface area contributed by atoms with E-state index in [9.17, 15) is 4.79 Å². The Morgan fingerprint density at radius 1 is 1.50 bits per heavy atom. The van der Waals surface area contributed by atoms with Gasteiger partial charge in [0.15, 0.2) is 0 Å². The van der Waals surface area contributed by atoms with Crippen LogP contribution in [-0.4, -0.2) is 18.6 Å². The number of rotatable bonds is 1. The van der Waals surface area contributed by atoms with Gasteiger partial charge in [-0.2, -0.15) is 0 Å². The zero-order valence-electron chi connectivity index (χ0n) is 7.39. The van der Waals surface area contributed by atoms with E-state index in [1.54, 1.807) is 11.6 Å². The van der Waals surface area contributed by atoms with Crippen molar-refractivity contribution in [2.24, 2.45) is 4.40 Å². The average Bonchev–Trinajstić information content (AvgIpc) is 2.27. The molecule has 0 atom stereocenters. The lowest BCUT2D eigenvalue weighted by atomic mass is 10.2. The van der Waals surface area contributed by atoms with Crippen molar-refractivity contribution in [1.82, 2.24) is 0 Å². The molecule has 0 aliphatic carbocycles. The highest BCUT2D eigenvalue weighted by Crippen LogP contribution is 2.37. The lowest BCUT2D eigenvalue weighted by Crippen LogP contribution is -2.04. The Morgan fingerprint density at radius 3 is 3.14 bits per heavy atom. The van der Waals surface area contributed by atoms with Gasteiger partial charge in [-0.1, -0.05) is 17.8 Å². The van der Waals surface area contributed by atoms with E-state index < -0.39 is 0 Å². The quantitative estimate of drug-likeness (QED) is 0.544. The summed E-state index contributed by atoms with van der Waals surface area (Å²) in [7, 11) is 1.39. The molecule has 3 nitrogen and oxygen atoms in total. The molecule has 0 bridgehead atoms. The zero-order valence-corrected chi connectivity index (χ0v) is 9.02. The molecule has 1 aromatic carbocycles. The lowest BCUT2D eigenvalue weighted by Gasteiger charge is -2.11. The molecule has 0 spiro atoms. The first-order valence-electron chi connectivity index (χ1n) is 3.90. The van der Waals surface area contributed by atoms with Gasteiger partial charge in [0.1, 0.15) is 0 Å². The normalized spacial score (nSPS) is 13.5. The van der Waals surface area contributed by atoms with E-state index in [0.717, 1.165) is 9.79 Å². The maximum Gasteiger partial charge on any atom is 0.339 e. The number of hydrogen-bond acceptors (Lipinski definition) is 5. The summed E-state index contributed by atoms with van der Waals surface area (Å²) >= 11 is 2.82. The first-order valence-corrected chi connectivity index (χ1v) is 5.55. The third-order valence-corrected chi connectivity index (χ3v) is 3.65. The van der Waals surface area contributed by atoms with E-state index in [4.69, 9.17) is 4.74 Å². The third kappa shape index (κ3) is 1.65. The number of fused-ring (bicyclic) bond motifs is 1. The molecule has 0 saturated carbocycles. The summed E-state index contributed by atoms with van der Waals surface area (Å²) in [6.45, 7) is 0. The Hall–Kier alpha value is -0.940. The van der Waals surface area contributed by atoms with Crippen LogP contribution < -0.4 is 0 Å². The largest absolute Gasteiger partial charge is 0.465 e. The number of carbonyl (C=O) groups is 1. The molecule has 72 valence electrons. The molecular weight excluding hydrogens is 218 g/mol. The van der Waals surface area contributed by atoms with E-state index in [0.29, 0.717) is 5.56 Å². The summed E-state index contributed by atoms with van der Waals surface area (Å²) in [5, 5.41) is 0. The Morgan fingerprint density at radius 2 is 2.36 bits per heavy atom. The van der Waals surface area contributed by atoms with Crippen molar-refractivity contribution in [3.8, 4) is 0 Å². The zero-order chi connectivity index (χ0) is 9.97. The van der Waals surface area contributed by atoms with Gasteiger partial charge in [-0.15, -0.1) is 0 Å². The fraction of sp³-hybridized carbons (Fsp3) is 0.111. The lowest BCUT2D eigenvalue weighted by molar-refractivity contribution is 0.0596. The Labute approximate surface area is 90.1 Å². The molecule has 5 heteroatoms. The number of hydrogen-bond donors (Lipinski definition) is 0. The van der Waals surface area contributed by atoms with Gasteiger partial charge in [-0.25, -0.2) is 9.19 Å². The minimum absolute atomic E-state index is 0.301. The van der Waals surface area contributed by atoms with E-state index in [2.05, 4.69) is 4.40 Å². The van der Waals surface area contributed by atoms with Crippen molar-refractivity contribution in [2.45, 2.75) is 9.79 Å². The smallest absolute Gasteiger partial charge is 0.339 e. The number of thioether (sulfide) groups is 1. The van der Waals surface area contributed by atoms with Gasteiger partial charge in [-0.05, 0) is 12.1 Å². The first kappa shape index (κ1) is 9.61. The number of ether oxygens (including phenoxy) is 1. The second-order valence-electron chi connectivity index (χ2n) is 2.54. The Bertz CT molecular complexity index is 404. The van der Waals surface area contributed by atoms with Crippen LogP contribution in [0.2, 0.25) is 0 Å². The van der Waals surface area contributed by atoms with Crippen molar-refractivity contribution in [3.63, 3.8) is 0 Å². The van der Waals surface area contributed by atoms with Gasteiger partial charge < -0.3 is 4.74 Å². The molecule has 14 heavy (non-hydrogen) atoms. The molecule has 1 aliphatic rings. The van der Waals surface area contributed by atoms with Crippen LogP contribution in [0.3, 0.4) is 0 Å². The van der Waals surface area contributed by atoms with Crippen LogP contribution >= 0.6 is 23.7 Å². The molecule has 0 radical (unpaired) electrons. The monoisotopic (exact) mass is 225 g/mol.